The van der Waals surface area contributed by atoms with Crippen molar-refractivity contribution >= 4 is 12.4 Å². The summed E-state index contributed by atoms with van der Waals surface area (Å²) in [4.78, 5) is 22.8. The van der Waals surface area contributed by atoms with Gasteiger partial charge in [0, 0.05) is 17.0 Å². The van der Waals surface area contributed by atoms with E-state index in [4.69, 9.17) is 4.74 Å². The predicted molar refractivity (Wildman–Crippen MR) is 71.3 cm³/mol. The van der Waals surface area contributed by atoms with E-state index in [9.17, 15) is 9.59 Å². The minimum absolute atomic E-state index is 0.215. The molecule has 0 N–H and O–H groups in total. The third-order valence-electron chi connectivity index (χ3n) is 2.98. The van der Waals surface area contributed by atoms with Crippen LogP contribution in [0.1, 0.15) is 27.3 Å². The molecule has 1 heterocycles. The van der Waals surface area contributed by atoms with E-state index in [1.807, 2.05) is 30.3 Å². The fourth-order valence-electron chi connectivity index (χ4n) is 1.97. The molecule has 0 atom stereocenters. The highest BCUT2D eigenvalue weighted by atomic mass is 16.5. The summed E-state index contributed by atoms with van der Waals surface area (Å²) >= 11 is 0. The third kappa shape index (κ3) is 2.73. The molecule has 0 unspecified atom stereocenters. The first-order valence-electron chi connectivity index (χ1n) is 5.98. The summed E-state index contributed by atoms with van der Waals surface area (Å²) in [5.74, 6) is 0. The minimum atomic E-state index is -0.466. The molecule has 1 aromatic heterocycles. The number of carbonyl (C=O) groups excluding carboxylic acids is 2. The highest BCUT2D eigenvalue weighted by molar-refractivity contribution is 5.82. The van der Waals surface area contributed by atoms with Gasteiger partial charge in [0.15, 0.2) is 6.29 Å². The second-order valence-corrected chi connectivity index (χ2v) is 4.32. The van der Waals surface area contributed by atoms with Crippen LogP contribution in [0.3, 0.4) is 0 Å². The molecule has 19 heavy (non-hydrogen) atoms. The van der Waals surface area contributed by atoms with Crippen LogP contribution in [0.4, 0.5) is 4.79 Å². The van der Waals surface area contributed by atoms with Gasteiger partial charge >= 0.3 is 6.09 Å². The number of aldehydes is 1. The lowest BCUT2D eigenvalue weighted by molar-refractivity contribution is 0.112. The smallest absolute Gasteiger partial charge is 0.418 e. The van der Waals surface area contributed by atoms with Crippen molar-refractivity contribution in [3.05, 3.63) is 58.9 Å². The monoisotopic (exact) mass is 257 g/mol. The molecule has 0 radical (unpaired) electrons. The highest BCUT2D eigenvalue weighted by Gasteiger charge is 2.15. The summed E-state index contributed by atoms with van der Waals surface area (Å²) in [5.41, 5.74) is 2.73. The van der Waals surface area contributed by atoms with E-state index in [0.29, 0.717) is 17.0 Å². The molecule has 4 heteroatoms. The Hall–Kier alpha value is -2.36. The van der Waals surface area contributed by atoms with Gasteiger partial charge in [0.2, 0.25) is 0 Å². The minimum Gasteiger partial charge on any atom is -0.444 e. The van der Waals surface area contributed by atoms with Gasteiger partial charge in [-0.3, -0.25) is 9.36 Å². The second-order valence-electron chi connectivity index (χ2n) is 4.32. The summed E-state index contributed by atoms with van der Waals surface area (Å²) in [6.45, 7) is 3.71. The summed E-state index contributed by atoms with van der Waals surface area (Å²) in [5, 5.41) is 0. The summed E-state index contributed by atoms with van der Waals surface area (Å²) in [6, 6.07) is 11.1. The number of hydrogen-bond donors (Lipinski definition) is 0. The van der Waals surface area contributed by atoms with Crippen LogP contribution in [0.5, 0.6) is 0 Å². The van der Waals surface area contributed by atoms with Crippen LogP contribution in [-0.2, 0) is 11.3 Å². The van der Waals surface area contributed by atoms with Gasteiger partial charge in [-0.25, -0.2) is 4.79 Å². The Morgan fingerprint density at radius 3 is 2.53 bits per heavy atom. The van der Waals surface area contributed by atoms with Crippen molar-refractivity contribution in [1.82, 2.24) is 4.57 Å². The largest absolute Gasteiger partial charge is 0.444 e. The van der Waals surface area contributed by atoms with Crippen LogP contribution in [0.15, 0.2) is 36.4 Å². The van der Waals surface area contributed by atoms with E-state index >= 15 is 0 Å². The Morgan fingerprint density at radius 2 is 1.95 bits per heavy atom. The number of hydrogen-bond acceptors (Lipinski definition) is 3. The third-order valence-corrected chi connectivity index (χ3v) is 2.98. The van der Waals surface area contributed by atoms with Gasteiger partial charge in [-0.1, -0.05) is 30.3 Å². The number of carbonyl (C=O) groups is 2. The lowest BCUT2D eigenvalue weighted by Crippen LogP contribution is -2.16. The zero-order valence-electron chi connectivity index (χ0n) is 10.9. The van der Waals surface area contributed by atoms with Crippen LogP contribution < -0.4 is 0 Å². The Morgan fingerprint density at radius 1 is 1.26 bits per heavy atom. The van der Waals surface area contributed by atoms with Crippen molar-refractivity contribution in [2.24, 2.45) is 0 Å². The Bertz CT molecular complexity index is 599. The molecule has 4 nitrogen and oxygen atoms in total. The van der Waals surface area contributed by atoms with E-state index < -0.39 is 6.09 Å². The lowest BCUT2D eigenvalue weighted by Gasteiger charge is -2.09. The molecule has 0 aliphatic rings. The van der Waals surface area contributed by atoms with Gasteiger partial charge in [-0.2, -0.15) is 0 Å². The second kappa shape index (κ2) is 5.52. The normalized spacial score (nSPS) is 10.2. The number of rotatable bonds is 3. The molecule has 0 aliphatic carbocycles. The highest BCUT2D eigenvalue weighted by Crippen LogP contribution is 2.14. The maximum atomic E-state index is 12.0. The summed E-state index contributed by atoms with van der Waals surface area (Å²) in [6.07, 6.45) is 0.274. The van der Waals surface area contributed by atoms with Crippen LogP contribution in [0.25, 0.3) is 0 Å². The molecular formula is C15H15NO3. The maximum Gasteiger partial charge on any atom is 0.418 e. The van der Waals surface area contributed by atoms with Gasteiger partial charge in [0.25, 0.3) is 0 Å². The van der Waals surface area contributed by atoms with Crippen LogP contribution in [0.2, 0.25) is 0 Å². The Kier molecular flexibility index (Phi) is 3.80. The molecule has 0 fully saturated rings. The quantitative estimate of drug-likeness (QED) is 0.794. The molecule has 2 rings (SSSR count). The number of benzene rings is 1. The molecule has 2 aromatic rings. The van der Waals surface area contributed by atoms with Crippen molar-refractivity contribution in [2.75, 3.05) is 0 Å². The molecule has 0 aliphatic heterocycles. The van der Waals surface area contributed by atoms with Crippen molar-refractivity contribution in [3.8, 4) is 0 Å². The number of aryl methyl sites for hydroxylation is 1. The first-order valence-corrected chi connectivity index (χ1v) is 5.98. The maximum absolute atomic E-state index is 12.0. The molecular weight excluding hydrogens is 242 g/mol. The fraction of sp³-hybridized carbons (Fsp3) is 0.200. The van der Waals surface area contributed by atoms with E-state index in [-0.39, 0.29) is 6.61 Å². The molecule has 0 amide bonds. The first kappa shape index (κ1) is 13.1. The van der Waals surface area contributed by atoms with Crippen molar-refractivity contribution < 1.29 is 14.3 Å². The van der Waals surface area contributed by atoms with Crippen LogP contribution >= 0.6 is 0 Å². The summed E-state index contributed by atoms with van der Waals surface area (Å²) < 4.78 is 6.65. The molecule has 0 spiro atoms. The predicted octanol–water partition coefficient (Wildman–Crippen LogP) is 3.10. The van der Waals surface area contributed by atoms with Gasteiger partial charge in [-0.05, 0) is 25.5 Å². The zero-order valence-corrected chi connectivity index (χ0v) is 10.9. The van der Waals surface area contributed by atoms with Gasteiger partial charge in [-0.15, -0.1) is 0 Å². The number of nitrogens with zero attached hydrogens (tertiary/aromatic N) is 1. The average Bonchev–Trinajstić information content (AvgIpc) is 2.72. The van der Waals surface area contributed by atoms with E-state index in [2.05, 4.69) is 0 Å². The molecule has 98 valence electrons. The lowest BCUT2D eigenvalue weighted by atomic mass is 10.2. The number of aromatic nitrogens is 1. The summed E-state index contributed by atoms with van der Waals surface area (Å²) in [7, 11) is 0. The average molecular weight is 257 g/mol. The van der Waals surface area contributed by atoms with Crippen molar-refractivity contribution in [3.63, 3.8) is 0 Å². The van der Waals surface area contributed by atoms with Crippen molar-refractivity contribution in [1.29, 1.82) is 0 Å². The van der Waals surface area contributed by atoms with E-state index in [1.54, 1.807) is 19.9 Å². The van der Waals surface area contributed by atoms with E-state index in [1.165, 1.54) is 4.57 Å². The Labute approximate surface area is 111 Å². The fourth-order valence-corrected chi connectivity index (χ4v) is 1.97. The molecule has 0 saturated carbocycles. The molecule has 0 saturated heterocycles. The number of ether oxygens (including phenoxy) is 1. The SMILES string of the molecule is Cc1cc(C=O)c(C)n1C(=O)OCc1ccccc1. The Balaban J connectivity index is 2.12. The first-order chi connectivity index (χ1) is 9.13. The topological polar surface area (TPSA) is 48.3 Å². The molecule has 0 bridgehead atoms. The zero-order chi connectivity index (χ0) is 13.8. The van der Waals surface area contributed by atoms with E-state index in [0.717, 1.165) is 11.8 Å². The van der Waals surface area contributed by atoms with Crippen LogP contribution in [0, 0.1) is 13.8 Å². The molecule has 1 aromatic carbocycles. The van der Waals surface area contributed by atoms with Gasteiger partial charge in [0.05, 0.1) is 0 Å². The van der Waals surface area contributed by atoms with Gasteiger partial charge < -0.3 is 4.74 Å². The standard InChI is InChI=1S/C15H15NO3/c1-11-8-14(9-17)12(2)16(11)15(18)19-10-13-6-4-3-5-7-13/h3-9H,10H2,1-2H3. The van der Waals surface area contributed by atoms with Crippen LogP contribution in [-0.4, -0.2) is 16.9 Å². The van der Waals surface area contributed by atoms with Crippen molar-refractivity contribution in [2.45, 2.75) is 20.5 Å². The van der Waals surface area contributed by atoms with Gasteiger partial charge in [0.1, 0.15) is 6.61 Å².